The predicted octanol–water partition coefficient (Wildman–Crippen LogP) is 2.36. The summed E-state index contributed by atoms with van der Waals surface area (Å²) in [6.07, 6.45) is 3.70. The molecular weight excluding hydrogens is 349 g/mol. The van der Waals surface area contributed by atoms with Crippen LogP contribution >= 0.6 is 24.8 Å². The highest BCUT2D eigenvalue weighted by Gasteiger charge is 2.31. The second kappa shape index (κ2) is 9.35. The van der Waals surface area contributed by atoms with Crippen molar-refractivity contribution in [1.82, 2.24) is 5.32 Å². The van der Waals surface area contributed by atoms with Crippen molar-refractivity contribution in [2.75, 3.05) is 25.1 Å². The van der Waals surface area contributed by atoms with Crippen molar-refractivity contribution in [2.24, 2.45) is 11.7 Å². The zero-order valence-corrected chi connectivity index (χ0v) is 15.6. The summed E-state index contributed by atoms with van der Waals surface area (Å²) >= 11 is 0. The van der Waals surface area contributed by atoms with Gasteiger partial charge in [0.1, 0.15) is 5.75 Å². The molecule has 1 aliphatic carbocycles. The first-order valence-electron chi connectivity index (χ1n) is 8.11. The predicted molar refractivity (Wildman–Crippen MR) is 102 cm³/mol. The Hall–Kier alpha value is -1.17. The van der Waals surface area contributed by atoms with E-state index in [4.69, 9.17) is 10.5 Å². The second-order valence-corrected chi connectivity index (χ2v) is 6.38. The van der Waals surface area contributed by atoms with Crippen molar-refractivity contribution in [3.8, 4) is 5.75 Å². The fourth-order valence-corrected chi connectivity index (χ4v) is 3.56. The maximum absolute atomic E-state index is 12.3. The quantitative estimate of drug-likeness (QED) is 0.847. The van der Waals surface area contributed by atoms with Crippen LogP contribution in [0.1, 0.15) is 25.7 Å². The SMILES string of the molecule is COc1ccccc1N1CCC(NC(=O)C2CCC(N)C2)C1.Cl.Cl. The van der Waals surface area contributed by atoms with Crippen LogP contribution in [0.25, 0.3) is 0 Å². The van der Waals surface area contributed by atoms with Gasteiger partial charge in [-0.3, -0.25) is 4.79 Å². The van der Waals surface area contributed by atoms with E-state index < -0.39 is 0 Å². The van der Waals surface area contributed by atoms with E-state index in [0.29, 0.717) is 0 Å². The van der Waals surface area contributed by atoms with Crippen LogP contribution < -0.4 is 20.7 Å². The number of amides is 1. The highest BCUT2D eigenvalue weighted by Crippen LogP contribution is 2.30. The molecule has 136 valence electrons. The van der Waals surface area contributed by atoms with Crippen LogP contribution in [0.15, 0.2) is 24.3 Å². The number of hydrogen-bond donors (Lipinski definition) is 2. The smallest absolute Gasteiger partial charge is 0.223 e. The highest BCUT2D eigenvalue weighted by atomic mass is 35.5. The number of nitrogens with zero attached hydrogens (tertiary/aromatic N) is 1. The van der Waals surface area contributed by atoms with Gasteiger partial charge in [0, 0.05) is 31.1 Å². The molecule has 1 aromatic rings. The summed E-state index contributed by atoms with van der Waals surface area (Å²) in [4.78, 5) is 14.6. The summed E-state index contributed by atoms with van der Waals surface area (Å²) in [6.45, 7) is 1.78. The molecular formula is C17H27Cl2N3O2. The van der Waals surface area contributed by atoms with Crippen LogP contribution in [0.2, 0.25) is 0 Å². The van der Waals surface area contributed by atoms with E-state index in [2.05, 4.69) is 16.3 Å². The Morgan fingerprint density at radius 1 is 1.25 bits per heavy atom. The summed E-state index contributed by atoms with van der Waals surface area (Å²) in [5.41, 5.74) is 7.00. The summed E-state index contributed by atoms with van der Waals surface area (Å²) in [5, 5.41) is 3.20. The monoisotopic (exact) mass is 375 g/mol. The molecule has 1 heterocycles. The standard InChI is InChI=1S/C17H25N3O2.2ClH/c1-22-16-5-3-2-4-15(16)20-9-8-14(11-20)19-17(21)12-6-7-13(18)10-12;;/h2-5,12-14H,6-11,18H2,1H3,(H,19,21);2*1H. The molecule has 0 bridgehead atoms. The van der Waals surface area contributed by atoms with Crippen molar-refractivity contribution in [3.63, 3.8) is 0 Å². The number of para-hydroxylation sites is 2. The lowest BCUT2D eigenvalue weighted by atomic mass is 10.1. The van der Waals surface area contributed by atoms with Gasteiger partial charge in [0.25, 0.3) is 0 Å². The molecule has 3 N–H and O–H groups in total. The van der Waals surface area contributed by atoms with E-state index >= 15 is 0 Å². The number of nitrogens with one attached hydrogen (secondary N) is 1. The Morgan fingerprint density at radius 2 is 2.00 bits per heavy atom. The second-order valence-electron chi connectivity index (χ2n) is 6.38. The molecule has 0 aromatic heterocycles. The Labute approximate surface area is 156 Å². The highest BCUT2D eigenvalue weighted by molar-refractivity contribution is 5.85. The van der Waals surface area contributed by atoms with E-state index in [1.165, 1.54) is 0 Å². The first-order chi connectivity index (χ1) is 10.7. The van der Waals surface area contributed by atoms with Gasteiger partial charge in [-0.25, -0.2) is 0 Å². The van der Waals surface area contributed by atoms with Crippen molar-refractivity contribution in [3.05, 3.63) is 24.3 Å². The lowest BCUT2D eigenvalue weighted by Crippen LogP contribution is -2.40. The van der Waals surface area contributed by atoms with Crippen LogP contribution in [-0.2, 0) is 4.79 Å². The molecule has 24 heavy (non-hydrogen) atoms. The number of ether oxygens (including phenoxy) is 1. The molecule has 2 aliphatic rings. The van der Waals surface area contributed by atoms with Crippen molar-refractivity contribution in [2.45, 2.75) is 37.8 Å². The first-order valence-corrected chi connectivity index (χ1v) is 8.11. The zero-order valence-electron chi connectivity index (χ0n) is 13.9. The molecule has 1 aliphatic heterocycles. The number of anilines is 1. The average Bonchev–Trinajstić information content (AvgIpc) is 3.16. The van der Waals surface area contributed by atoms with Gasteiger partial charge in [-0.1, -0.05) is 12.1 Å². The third-order valence-electron chi connectivity index (χ3n) is 4.80. The van der Waals surface area contributed by atoms with Crippen LogP contribution in [-0.4, -0.2) is 38.2 Å². The fourth-order valence-electron chi connectivity index (χ4n) is 3.56. The largest absolute Gasteiger partial charge is 0.495 e. The normalized spacial score (nSPS) is 25.6. The Bertz CT molecular complexity index is 544. The topological polar surface area (TPSA) is 67.6 Å². The number of hydrogen-bond acceptors (Lipinski definition) is 4. The lowest BCUT2D eigenvalue weighted by molar-refractivity contribution is -0.125. The molecule has 3 unspecified atom stereocenters. The number of halogens is 2. The summed E-state index contributed by atoms with van der Waals surface area (Å²) in [5.74, 6) is 1.17. The number of nitrogens with two attached hydrogens (primary N) is 1. The molecule has 3 rings (SSSR count). The Kier molecular flexibility index (Phi) is 8.13. The van der Waals surface area contributed by atoms with Crippen molar-refractivity contribution in [1.29, 1.82) is 0 Å². The van der Waals surface area contributed by atoms with Gasteiger partial charge in [0.05, 0.1) is 12.8 Å². The first kappa shape index (κ1) is 20.9. The van der Waals surface area contributed by atoms with Gasteiger partial charge < -0.3 is 20.7 Å². The van der Waals surface area contributed by atoms with Gasteiger partial charge in [0.15, 0.2) is 0 Å². The minimum atomic E-state index is 0. The maximum atomic E-state index is 12.3. The number of carbonyl (C=O) groups excluding carboxylic acids is 1. The van der Waals surface area contributed by atoms with Crippen LogP contribution in [0, 0.1) is 5.92 Å². The summed E-state index contributed by atoms with van der Waals surface area (Å²) in [7, 11) is 1.69. The maximum Gasteiger partial charge on any atom is 0.223 e. The average molecular weight is 376 g/mol. The van der Waals surface area contributed by atoms with E-state index in [-0.39, 0.29) is 48.7 Å². The molecule has 5 nitrogen and oxygen atoms in total. The number of methoxy groups -OCH3 is 1. The van der Waals surface area contributed by atoms with Crippen LogP contribution in [0.5, 0.6) is 5.75 Å². The number of carbonyl (C=O) groups is 1. The molecule has 1 aromatic carbocycles. The third kappa shape index (κ3) is 4.68. The van der Waals surface area contributed by atoms with Gasteiger partial charge >= 0.3 is 0 Å². The molecule has 2 fully saturated rings. The van der Waals surface area contributed by atoms with E-state index in [1.54, 1.807) is 7.11 Å². The molecule has 7 heteroatoms. The van der Waals surface area contributed by atoms with Gasteiger partial charge in [-0.2, -0.15) is 0 Å². The van der Waals surface area contributed by atoms with E-state index in [0.717, 1.165) is 50.2 Å². The molecule has 3 atom stereocenters. The van der Waals surface area contributed by atoms with Crippen molar-refractivity contribution < 1.29 is 9.53 Å². The Balaban J connectivity index is 0.00000144. The van der Waals surface area contributed by atoms with E-state index in [9.17, 15) is 4.79 Å². The molecule has 0 radical (unpaired) electrons. The molecule has 1 saturated carbocycles. The van der Waals surface area contributed by atoms with Crippen LogP contribution in [0.4, 0.5) is 5.69 Å². The lowest BCUT2D eigenvalue weighted by Gasteiger charge is -2.22. The fraction of sp³-hybridized carbons (Fsp3) is 0.588. The van der Waals surface area contributed by atoms with Crippen LogP contribution in [0.3, 0.4) is 0 Å². The summed E-state index contributed by atoms with van der Waals surface area (Å²) < 4.78 is 5.42. The van der Waals surface area contributed by atoms with Gasteiger partial charge in [-0.05, 0) is 37.8 Å². The van der Waals surface area contributed by atoms with Crippen molar-refractivity contribution >= 4 is 36.4 Å². The van der Waals surface area contributed by atoms with Gasteiger partial charge in [-0.15, -0.1) is 24.8 Å². The molecule has 1 saturated heterocycles. The van der Waals surface area contributed by atoms with Gasteiger partial charge in [0.2, 0.25) is 5.91 Å². The summed E-state index contributed by atoms with van der Waals surface area (Å²) in [6, 6.07) is 8.45. The zero-order chi connectivity index (χ0) is 15.5. The molecule has 1 amide bonds. The molecule has 0 spiro atoms. The minimum Gasteiger partial charge on any atom is -0.495 e. The van der Waals surface area contributed by atoms with E-state index in [1.807, 2.05) is 18.2 Å². The number of benzene rings is 1. The number of rotatable bonds is 4. The minimum absolute atomic E-state index is 0. The Morgan fingerprint density at radius 3 is 2.67 bits per heavy atom. The third-order valence-corrected chi connectivity index (χ3v) is 4.80.